The number of hydrogen-bond acceptors (Lipinski definition) is 5. The van der Waals surface area contributed by atoms with E-state index in [1.54, 1.807) is 13.2 Å². The first-order valence-corrected chi connectivity index (χ1v) is 6.19. The normalized spacial score (nSPS) is 10.3. The third-order valence-corrected chi connectivity index (χ3v) is 3.06. The largest absolute Gasteiger partial charge is 0.357 e. The molecule has 0 aromatic carbocycles. The van der Waals surface area contributed by atoms with Crippen molar-refractivity contribution in [3.63, 3.8) is 0 Å². The van der Waals surface area contributed by atoms with Gasteiger partial charge in [-0.2, -0.15) is 0 Å². The van der Waals surface area contributed by atoms with Gasteiger partial charge >= 0.3 is 0 Å². The van der Waals surface area contributed by atoms with Gasteiger partial charge in [0.05, 0.1) is 5.02 Å². The number of hydrogen-bond donors (Lipinski definition) is 1. The lowest BCUT2D eigenvalue weighted by Gasteiger charge is -2.04. The van der Waals surface area contributed by atoms with Crippen LogP contribution in [0.1, 0.15) is 5.69 Å². The fourth-order valence-corrected chi connectivity index (χ4v) is 2.16. The Labute approximate surface area is 109 Å². The van der Waals surface area contributed by atoms with Gasteiger partial charge in [0.15, 0.2) is 0 Å². The molecule has 4 nitrogen and oxygen atoms in total. The van der Waals surface area contributed by atoms with Crippen LogP contribution in [0.25, 0.3) is 0 Å². The van der Waals surface area contributed by atoms with E-state index in [1.807, 2.05) is 25.1 Å². The fraction of sp³-hybridized carbons (Fsp3) is 0.182. The van der Waals surface area contributed by atoms with Gasteiger partial charge < -0.3 is 5.32 Å². The lowest BCUT2D eigenvalue weighted by molar-refractivity contribution is 1.00. The zero-order valence-corrected chi connectivity index (χ0v) is 11.0. The maximum atomic E-state index is 5.78. The predicted molar refractivity (Wildman–Crippen MR) is 69.7 cm³/mol. The molecule has 2 aromatic heterocycles. The molecule has 2 rings (SSSR count). The smallest absolute Gasteiger partial charge is 0.223 e. The lowest BCUT2D eigenvalue weighted by Crippen LogP contribution is -1.98. The highest BCUT2D eigenvalue weighted by Crippen LogP contribution is 2.25. The van der Waals surface area contributed by atoms with E-state index in [-0.39, 0.29) is 0 Å². The van der Waals surface area contributed by atoms with Crippen LogP contribution in [-0.2, 0) is 0 Å². The zero-order chi connectivity index (χ0) is 12.3. The van der Waals surface area contributed by atoms with Crippen LogP contribution in [0.4, 0.5) is 5.95 Å². The number of pyridine rings is 1. The number of halogens is 1. The van der Waals surface area contributed by atoms with Gasteiger partial charge in [0.2, 0.25) is 5.95 Å². The summed E-state index contributed by atoms with van der Waals surface area (Å²) in [5, 5.41) is 5.27. The van der Waals surface area contributed by atoms with E-state index >= 15 is 0 Å². The van der Waals surface area contributed by atoms with Crippen molar-refractivity contribution in [2.24, 2.45) is 0 Å². The van der Waals surface area contributed by atoms with Crippen LogP contribution in [0.3, 0.4) is 0 Å². The second-order valence-electron chi connectivity index (χ2n) is 3.34. The van der Waals surface area contributed by atoms with Crippen molar-refractivity contribution in [1.82, 2.24) is 15.0 Å². The molecule has 0 saturated heterocycles. The topological polar surface area (TPSA) is 50.7 Å². The molecule has 88 valence electrons. The summed E-state index contributed by atoms with van der Waals surface area (Å²) >= 11 is 7.26. The maximum Gasteiger partial charge on any atom is 0.223 e. The van der Waals surface area contributed by atoms with Crippen LogP contribution < -0.4 is 5.32 Å². The molecule has 0 amide bonds. The summed E-state index contributed by atoms with van der Waals surface area (Å²) < 4.78 is 0. The van der Waals surface area contributed by atoms with Gasteiger partial charge in [-0.25, -0.2) is 15.0 Å². The van der Waals surface area contributed by atoms with Crippen molar-refractivity contribution in [3.8, 4) is 0 Å². The van der Waals surface area contributed by atoms with Crippen LogP contribution in [0.5, 0.6) is 0 Å². The Morgan fingerprint density at radius 3 is 2.71 bits per heavy atom. The minimum absolute atomic E-state index is 0.612. The highest BCUT2D eigenvalue weighted by atomic mass is 35.5. The summed E-state index contributed by atoms with van der Waals surface area (Å²) in [5.74, 6) is 0.612. The molecule has 0 fully saturated rings. The minimum atomic E-state index is 0.612. The number of nitrogens with one attached hydrogen (secondary N) is 1. The molecule has 0 spiro atoms. The van der Waals surface area contributed by atoms with Gasteiger partial charge in [0, 0.05) is 18.9 Å². The Bertz CT molecular complexity index is 515. The Hall–Kier alpha value is -1.33. The Kier molecular flexibility index (Phi) is 3.81. The fourth-order valence-electron chi connectivity index (χ4n) is 1.23. The molecule has 2 aromatic rings. The van der Waals surface area contributed by atoms with E-state index in [9.17, 15) is 0 Å². The maximum absolute atomic E-state index is 5.78. The van der Waals surface area contributed by atoms with Gasteiger partial charge in [0.25, 0.3) is 0 Å². The van der Waals surface area contributed by atoms with Crippen molar-refractivity contribution in [1.29, 1.82) is 0 Å². The van der Waals surface area contributed by atoms with Crippen LogP contribution >= 0.6 is 23.4 Å². The van der Waals surface area contributed by atoms with E-state index < -0.39 is 0 Å². The lowest BCUT2D eigenvalue weighted by atomic mass is 10.5. The summed E-state index contributed by atoms with van der Waals surface area (Å²) in [7, 11) is 1.80. The molecule has 0 aliphatic rings. The molecule has 6 heteroatoms. The van der Waals surface area contributed by atoms with Crippen LogP contribution in [-0.4, -0.2) is 22.0 Å². The zero-order valence-electron chi connectivity index (χ0n) is 9.44. The van der Waals surface area contributed by atoms with E-state index in [4.69, 9.17) is 11.6 Å². The van der Waals surface area contributed by atoms with Crippen molar-refractivity contribution < 1.29 is 0 Å². The molecule has 0 saturated carbocycles. The number of rotatable bonds is 3. The molecule has 1 N–H and O–H groups in total. The number of aryl methyl sites for hydroxylation is 1. The van der Waals surface area contributed by atoms with Crippen LogP contribution in [0, 0.1) is 6.92 Å². The minimum Gasteiger partial charge on any atom is -0.357 e. The van der Waals surface area contributed by atoms with Crippen molar-refractivity contribution >= 4 is 29.3 Å². The first kappa shape index (κ1) is 12.1. The second-order valence-corrected chi connectivity index (χ2v) is 4.81. The molecular weight excluding hydrogens is 256 g/mol. The summed E-state index contributed by atoms with van der Waals surface area (Å²) in [6, 6.07) is 5.59. The average Bonchev–Trinajstić information content (AvgIpc) is 2.31. The van der Waals surface area contributed by atoms with Crippen molar-refractivity contribution in [2.75, 3.05) is 12.4 Å². The second kappa shape index (κ2) is 5.33. The Morgan fingerprint density at radius 1 is 1.24 bits per heavy atom. The molecular formula is C11H11ClN4S. The van der Waals surface area contributed by atoms with Gasteiger partial charge in [-0.1, -0.05) is 11.6 Å². The first-order chi connectivity index (χ1) is 8.17. The van der Waals surface area contributed by atoms with Gasteiger partial charge in [-0.15, -0.1) is 0 Å². The number of nitrogens with zero attached hydrogens (tertiary/aromatic N) is 3. The predicted octanol–water partition coefficient (Wildman–Crippen LogP) is 3.03. The van der Waals surface area contributed by atoms with E-state index in [0.29, 0.717) is 11.0 Å². The highest BCUT2D eigenvalue weighted by Gasteiger charge is 2.04. The average molecular weight is 267 g/mol. The molecule has 17 heavy (non-hydrogen) atoms. The van der Waals surface area contributed by atoms with Crippen LogP contribution in [0.2, 0.25) is 5.02 Å². The summed E-state index contributed by atoms with van der Waals surface area (Å²) in [6.07, 6.45) is 1.62. The molecule has 0 atom stereocenters. The summed E-state index contributed by atoms with van der Waals surface area (Å²) in [5.41, 5.74) is 0.917. The summed E-state index contributed by atoms with van der Waals surface area (Å²) in [4.78, 5) is 12.8. The van der Waals surface area contributed by atoms with E-state index in [2.05, 4.69) is 20.3 Å². The molecule has 2 heterocycles. The molecule has 0 bridgehead atoms. The van der Waals surface area contributed by atoms with Crippen molar-refractivity contribution in [3.05, 3.63) is 35.1 Å². The quantitative estimate of drug-likeness (QED) is 0.866. The molecule has 0 unspecified atom stereocenters. The molecule has 0 aliphatic heterocycles. The monoisotopic (exact) mass is 266 g/mol. The third kappa shape index (κ3) is 3.31. The summed E-state index contributed by atoms with van der Waals surface area (Å²) in [6.45, 7) is 1.93. The van der Waals surface area contributed by atoms with Crippen molar-refractivity contribution in [2.45, 2.75) is 17.0 Å². The number of aromatic nitrogens is 3. The highest BCUT2D eigenvalue weighted by molar-refractivity contribution is 7.99. The third-order valence-electron chi connectivity index (χ3n) is 1.96. The van der Waals surface area contributed by atoms with Gasteiger partial charge in [0.1, 0.15) is 10.1 Å². The molecule has 0 radical (unpaired) electrons. The Morgan fingerprint density at radius 2 is 2.06 bits per heavy atom. The van der Waals surface area contributed by atoms with Gasteiger partial charge in [-0.05, 0) is 36.9 Å². The number of anilines is 1. The first-order valence-electron chi connectivity index (χ1n) is 5.00. The van der Waals surface area contributed by atoms with Gasteiger partial charge in [-0.3, -0.25) is 0 Å². The van der Waals surface area contributed by atoms with E-state index in [1.165, 1.54) is 11.8 Å². The SMILES string of the molecule is CNc1nc(C)cc(Sc2ccc(Cl)cn2)n1. The van der Waals surface area contributed by atoms with Crippen LogP contribution in [0.15, 0.2) is 34.4 Å². The molecule has 0 aliphatic carbocycles. The van der Waals surface area contributed by atoms with E-state index in [0.717, 1.165) is 15.7 Å². The Balaban J connectivity index is 2.23. The standard InChI is InChI=1S/C11H11ClN4S/c1-7-5-10(16-11(13-2)15-7)17-9-4-3-8(12)6-14-9/h3-6H,1-2H3,(H,13,15,16).